The molecular formula is C14H22N4. The van der Waals surface area contributed by atoms with E-state index >= 15 is 0 Å². The largest absolute Gasteiger partial charge is 0.383 e. The van der Waals surface area contributed by atoms with E-state index in [4.69, 9.17) is 5.73 Å². The van der Waals surface area contributed by atoms with E-state index in [0.29, 0.717) is 11.9 Å². The maximum Gasteiger partial charge on any atom is 0.145 e. The molecule has 0 atom stereocenters. The van der Waals surface area contributed by atoms with E-state index in [1.54, 1.807) is 6.33 Å². The Labute approximate surface area is 108 Å². The number of fused-ring (bicyclic) bond motifs is 1. The van der Waals surface area contributed by atoms with Crippen LogP contribution in [0.25, 0.3) is 11.0 Å². The van der Waals surface area contributed by atoms with Crippen LogP contribution in [0.1, 0.15) is 45.2 Å². The van der Waals surface area contributed by atoms with E-state index in [-0.39, 0.29) is 0 Å². The molecule has 1 fully saturated rings. The molecule has 1 aliphatic carbocycles. The molecule has 18 heavy (non-hydrogen) atoms. The zero-order valence-electron chi connectivity index (χ0n) is 11.6. The molecule has 2 aromatic heterocycles. The van der Waals surface area contributed by atoms with E-state index in [1.807, 2.05) is 13.8 Å². The van der Waals surface area contributed by atoms with Crippen molar-refractivity contribution in [3.63, 3.8) is 0 Å². The van der Waals surface area contributed by atoms with Crippen LogP contribution in [0.5, 0.6) is 0 Å². The third-order valence-electron chi connectivity index (χ3n) is 3.57. The molecule has 0 unspecified atom stereocenters. The Kier molecular flexibility index (Phi) is 3.55. The zero-order valence-corrected chi connectivity index (χ0v) is 11.6. The Bertz CT molecular complexity index is 538. The molecule has 4 heteroatoms. The van der Waals surface area contributed by atoms with E-state index in [1.165, 1.54) is 18.4 Å². The third kappa shape index (κ3) is 1.96. The average Bonchev–Trinajstić information content (AvgIpc) is 2.67. The Hall–Kier alpha value is -1.58. The maximum absolute atomic E-state index is 5.89. The fraction of sp³-hybridized carbons (Fsp3) is 0.571. The summed E-state index contributed by atoms with van der Waals surface area (Å²) < 4.78 is 2.27. The van der Waals surface area contributed by atoms with Gasteiger partial charge in [-0.2, -0.15) is 0 Å². The van der Waals surface area contributed by atoms with Gasteiger partial charge in [0.1, 0.15) is 17.8 Å². The van der Waals surface area contributed by atoms with Gasteiger partial charge in [0.2, 0.25) is 0 Å². The molecule has 98 valence electrons. The SMILES string of the molecule is CC.Cc1cn(C2CC(C)C2)c2ncnc(N)c12. The van der Waals surface area contributed by atoms with Crippen LogP contribution >= 0.6 is 0 Å². The quantitative estimate of drug-likeness (QED) is 0.839. The second kappa shape index (κ2) is 4.96. The minimum absolute atomic E-state index is 0.591. The Morgan fingerprint density at radius 3 is 2.56 bits per heavy atom. The van der Waals surface area contributed by atoms with Crippen molar-refractivity contribution in [3.8, 4) is 0 Å². The number of nitrogens with zero attached hydrogens (tertiary/aromatic N) is 3. The van der Waals surface area contributed by atoms with Crippen molar-refractivity contribution in [2.75, 3.05) is 5.73 Å². The van der Waals surface area contributed by atoms with E-state index < -0.39 is 0 Å². The van der Waals surface area contributed by atoms with E-state index in [9.17, 15) is 0 Å². The van der Waals surface area contributed by atoms with E-state index in [0.717, 1.165) is 17.0 Å². The van der Waals surface area contributed by atoms with Gasteiger partial charge in [0.05, 0.1) is 5.39 Å². The summed E-state index contributed by atoms with van der Waals surface area (Å²) >= 11 is 0. The van der Waals surface area contributed by atoms with Crippen LogP contribution in [-0.2, 0) is 0 Å². The molecular weight excluding hydrogens is 224 g/mol. The molecule has 0 amide bonds. The van der Waals surface area contributed by atoms with Crippen molar-refractivity contribution in [1.82, 2.24) is 14.5 Å². The van der Waals surface area contributed by atoms with Crippen molar-refractivity contribution in [1.29, 1.82) is 0 Å². The van der Waals surface area contributed by atoms with Gasteiger partial charge in [0.15, 0.2) is 0 Å². The monoisotopic (exact) mass is 246 g/mol. The summed E-state index contributed by atoms with van der Waals surface area (Å²) in [7, 11) is 0. The lowest BCUT2D eigenvalue weighted by Gasteiger charge is -2.34. The molecule has 0 spiro atoms. The highest BCUT2D eigenvalue weighted by atomic mass is 15.1. The maximum atomic E-state index is 5.89. The van der Waals surface area contributed by atoms with Gasteiger partial charge < -0.3 is 10.3 Å². The molecule has 0 bridgehead atoms. The summed E-state index contributed by atoms with van der Waals surface area (Å²) in [4.78, 5) is 8.42. The van der Waals surface area contributed by atoms with Crippen LogP contribution in [-0.4, -0.2) is 14.5 Å². The summed E-state index contributed by atoms with van der Waals surface area (Å²) in [6, 6.07) is 0.598. The predicted octanol–water partition coefficient (Wildman–Crippen LogP) is 3.32. The first-order valence-corrected chi connectivity index (χ1v) is 6.74. The number of anilines is 1. The standard InChI is InChI=1S/C12H16N4.C2H6/c1-7-3-9(4-7)16-5-8(2)10-11(13)14-6-15-12(10)16;1-2/h5-7,9H,3-4H2,1-2H3,(H2,13,14,15);1-2H3. The van der Waals surface area contributed by atoms with Gasteiger partial charge in [0, 0.05) is 12.2 Å². The molecule has 1 aliphatic rings. The predicted molar refractivity (Wildman–Crippen MR) is 75.5 cm³/mol. The summed E-state index contributed by atoms with van der Waals surface area (Å²) in [6.07, 6.45) is 6.20. The number of aryl methyl sites for hydroxylation is 1. The molecule has 2 N–H and O–H groups in total. The lowest BCUT2D eigenvalue weighted by molar-refractivity contribution is 0.220. The highest BCUT2D eigenvalue weighted by Crippen LogP contribution is 2.40. The highest BCUT2D eigenvalue weighted by Gasteiger charge is 2.28. The molecule has 1 saturated carbocycles. The first-order chi connectivity index (χ1) is 8.66. The molecule has 4 nitrogen and oxygen atoms in total. The van der Waals surface area contributed by atoms with Crippen LogP contribution in [0.15, 0.2) is 12.5 Å². The molecule has 2 aromatic rings. The fourth-order valence-corrected chi connectivity index (χ4v) is 2.66. The highest BCUT2D eigenvalue weighted by molar-refractivity contribution is 5.89. The summed E-state index contributed by atoms with van der Waals surface area (Å²) in [5.74, 6) is 1.43. The molecule has 0 aliphatic heterocycles. The van der Waals surface area contributed by atoms with Gasteiger partial charge in [0.25, 0.3) is 0 Å². The van der Waals surface area contributed by atoms with Crippen molar-refractivity contribution >= 4 is 16.9 Å². The second-order valence-corrected chi connectivity index (χ2v) is 4.91. The van der Waals surface area contributed by atoms with Crippen LogP contribution in [0, 0.1) is 12.8 Å². The first-order valence-electron chi connectivity index (χ1n) is 6.74. The second-order valence-electron chi connectivity index (χ2n) is 4.91. The Morgan fingerprint density at radius 1 is 1.28 bits per heavy atom. The van der Waals surface area contributed by atoms with Crippen molar-refractivity contribution in [3.05, 3.63) is 18.1 Å². The topological polar surface area (TPSA) is 56.7 Å². The lowest BCUT2D eigenvalue weighted by Crippen LogP contribution is -2.24. The number of nitrogens with two attached hydrogens (primary N) is 1. The Balaban J connectivity index is 0.000000574. The van der Waals surface area contributed by atoms with Crippen LogP contribution in [0.4, 0.5) is 5.82 Å². The molecule has 2 heterocycles. The molecule has 0 saturated heterocycles. The Morgan fingerprint density at radius 2 is 1.94 bits per heavy atom. The van der Waals surface area contributed by atoms with Gasteiger partial charge in [-0.3, -0.25) is 0 Å². The first kappa shape index (κ1) is 12.9. The van der Waals surface area contributed by atoms with Gasteiger partial charge in [-0.15, -0.1) is 0 Å². The van der Waals surface area contributed by atoms with E-state index in [2.05, 4.69) is 34.6 Å². The van der Waals surface area contributed by atoms with Crippen LogP contribution in [0.2, 0.25) is 0 Å². The van der Waals surface area contributed by atoms with Gasteiger partial charge in [-0.05, 0) is 31.2 Å². The number of hydrogen-bond donors (Lipinski definition) is 1. The van der Waals surface area contributed by atoms with Crippen LogP contribution in [0.3, 0.4) is 0 Å². The average molecular weight is 246 g/mol. The number of hydrogen-bond acceptors (Lipinski definition) is 3. The number of nitrogen functional groups attached to an aromatic ring is 1. The molecule has 3 rings (SSSR count). The van der Waals surface area contributed by atoms with Crippen molar-refractivity contribution in [2.24, 2.45) is 5.92 Å². The van der Waals surface area contributed by atoms with Gasteiger partial charge in [-0.25, -0.2) is 9.97 Å². The minimum atomic E-state index is 0.591. The normalized spacial score (nSPS) is 22.2. The fourth-order valence-electron chi connectivity index (χ4n) is 2.66. The molecule has 0 radical (unpaired) electrons. The van der Waals surface area contributed by atoms with Gasteiger partial charge >= 0.3 is 0 Å². The number of aromatic nitrogens is 3. The summed E-state index contributed by atoms with van der Waals surface area (Å²) in [5.41, 5.74) is 8.05. The minimum Gasteiger partial charge on any atom is -0.383 e. The van der Waals surface area contributed by atoms with Crippen molar-refractivity contribution < 1.29 is 0 Å². The number of rotatable bonds is 1. The molecule has 0 aromatic carbocycles. The third-order valence-corrected chi connectivity index (χ3v) is 3.57. The lowest BCUT2D eigenvalue weighted by atomic mass is 9.82. The summed E-state index contributed by atoms with van der Waals surface area (Å²) in [5, 5.41) is 1.02. The van der Waals surface area contributed by atoms with Crippen molar-refractivity contribution in [2.45, 2.75) is 46.6 Å². The smallest absolute Gasteiger partial charge is 0.145 e. The zero-order chi connectivity index (χ0) is 13.3. The summed E-state index contributed by atoms with van der Waals surface area (Å²) in [6.45, 7) is 8.36. The van der Waals surface area contributed by atoms with Gasteiger partial charge in [-0.1, -0.05) is 20.8 Å². The van der Waals surface area contributed by atoms with Crippen LogP contribution < -0.4 is 5.73 Å².